The number of halogens is 2. The highest BCUT2D eigenvalue weighted by Gasteiger charge is 2.10. The van der Waals surface area contributed by atoms with Crippen LogP contribution in [0.3, 0.4) is 0 Å². The Morgan fingerprint density at radius 3 is 2.33 bits per heavy atom. The van der Waals surface area contributed by atoms with Crippen molar-refractivity contribution in [3.8, 4) is 5.75 Å². The molecule has 1 aromatic rings. The lowest BCUT2D eigenvalue weighted by Crippen LogP contribution is -1.88. The van der Waals surface area contributed by atoms with Crippen molar-refractivity contribution < 1.29 is 5.11 Å². The van der Waals surface area contributed by atoms with Gasteiger partial charge in [-0.25, -0.2) is 0 Å². The SMILES string of the molecule is CC(C)c1cc(Cl)cc(Cl)c1O. The van der Waals surface area contributed by atoms with Crippen molar-refractivity contribution >= 4 is 23.2 Å². The topological polar surface area (TPSA) is 20.2 Å². The molecule has 66 valence electrons. The summed E-state index contributed by atoms with van der Waals surface area (Å²) >= 11 is 11.5. The van der Waals surface area contributed by atoms with E-state index < -0.39 is 0 Å². The Hall–Kier alpha value is -0.400. The summed E-state index contributed by atoms with van der Waals surface area (Å²) in [6.45, 7) is 3.95. The van der Waals surface area contributed by atoms with Crippen molar-refractivity contribution in [2.24, 2.45) is 0 Å². The molecule has 0 saturated heterocycles. The fourth-order valence-corrected chi connectivity index (χ4v) is 1.54. The summed E-state index contributed by atoms with van der Waals surface area (Å²) in [6.07, 6.45) is 0. The lowest BCUT2D eigenvalue weighted by atomic mass is 10.0. The van der Waals surface area contributed by atoms with Crippen LogP contribution in [0, 0.1) is 0 Å². The summed E-state index contributed by atoms with van der Waals surface area (Å²) in [5, 5.41) is 10.4. The standard InChI is InChI=1S/C9H10Cl2O/c1-5(2)7-3-6(10)4-8(11)9(7)12/h3-5,12H,1-2H3. The molecule has 3 heteroatoms. The highest BCUT2D eigenvalue weighted by Crippen LogP contribution is 2.35. The third-order valence-electron chi connectivity index (χ3n) is 1.68. The average molecular weight is 205 g/mol. The van der Waals surface area contributed by atoms with Crippen LogP contribution >= 0.6 is 23.2 Å². The number of hydrogen-bond acceptors (Lipinski definition) is 1. The first-order valence-corrected chi connectivity index (χ1v) is 4.46. The van der Waals surface area contributed by atoms with Gasteiger partial charge in [-0.15, -0.1) is 0 Å². The molecule has 12 heavy (non-hydrogen) atoms. The van der Waals surface area contributed by atoms with E-state index in [0.29, 0.717) is 10.0 Å². The zero-order valence-corrected chi connectivity index (χ0v) is 8.45. The van der Waals surface area contributed by atoms with Gasteiger partial charge in [0.2, 0.25) is 0 Å². The molecular formula is C9H10Cl2O. The van der Waals surface area contributed by atoms with Gasteiger partial charge in [0.15, 0.2) is 0 Å². The van der Waals surface area contributed by atoms with Crippen molar-refractivity contribution in [1.82, 2.24) is 0 Å². The molecule has 0 unspecified atom stereocenters. The molecule has 0 spiro atoms. The molecule has 1 nitrogen and oxygen atoms in total. The molecule has 0 heterocycles. The van der Waals surface area contributed by atoms with Crippen molar-refractivity contribution in [2.75, 3.05) is 0 Å². The summed E-state index contributed by atoms with van der Waals surface area (Å²) < 4.78 is 0. The van der Waals surface area contributed by atoms with Crippen LogP contribution in [-0.2, 0) is 0 Å². The second-order valence-electron chi connectivity index (χ2n) is 2.98. The van der Waals surface area contributed by atoms with Gasteiger partial charge in [0.05, 0.1) is 5.02 Å². The van der Waals surface area contributed by atoms with E-state index in [1.807, 2.05) is 13.8 Å². The van der Waals surface area contributed by atoms with Gasteiger partial charge < -0.3 is 5.11 Å². The van der Waals surface area contributed by atoms with Crippen LogP contribution in [0.4, 0.5) is 0 Å². The molecular weight excluding hydrogens is 195 g/mol. The third kappa shape index (κ3) is 1.85. The molecule has 0 amide bonds. The largest absolute Gasteiger partial charge is 0.506 e. The number of aromatic hydroxyl groups is 1. The Morgan fingerprint density at radius 2 is 1.83 bits per heavy atom. The van der Waals surface area contributed by atoms with Crippen LogP contribution < -0.4 is 0 Å². The van der Waals surface area contributed by atoms with Gasteiger partial charge in [-0.1, -0.05) is 37.0 Å². The highest BCUT2D eigenvalue weighted by molar-refractivity contribution is 6.35. The monoisotopic (exact) mass is 204 g/mol. The van der Waals surface area contributed by atoms with E-state index in [2.05, 4.69) is 0 Å². The first-order valence-electron chi connectivity index (χ1n) is 3.70. The molecule has 0 aliphatic rings. The quantitative estimate of drug-likeness (QED) is 0.738. The predicted molar refractivity (Wildman–Crippen MR) is 52.2 cm³/mol. The molecule has 1 aromatic carbocycles. The van der Waals surface area contributed by atoms with E-state index in [0.717, 1.165) is 5.56 Å². The minimum absolute atomic E-state index is 0.135. The average Bonchev–Trinajstić information content (AvgIpc) is 1.96. The zero-order chi connectivity index (χ0) is 9.30. The van der Waals surface area contributed by atoms with Crippen molar-refractivity contribution in [3.63, 3.8) is 0 Å². The van der Waals surface area contributed by atoms with Gasteiger partial charge >= 0.3 is 0 Å². The first-order chi connectivity index (χ1) is 5.52. The molecule has 0 bridgehead atoms. The normalized spacial score (nSPS) is 10.8. The Morgan fingerprint density at radius 1 is 1.25 bits per heavy atom. The van der Waals surface area contributed by atoms with E-state index in [4.69, 9.17) is 23.2 Å². The maximum atomic E-state index is 9.50. The summed E-state index contributed by atoms with van der Waals surface area (Å²) in [6, 6.07) is 3.26. The fourth-order valence-electron chi connectivity index (χ4n) is 1.03. The second-order valence-corrected chi connectivity index (χ2v) is 3.82. The van der Waals surface area contributed by atoms with Crippen LogP contribution in [-0.4, -0.2) is 5.11 Å². The van der Waals surface area contributed by atoms with Crippen LogP contribution in [0.15, 0.2) is 12.1 Å². The van der Waals surface area contributed by atoms with E-state index in [1.165, 1.54) is 6.07 Å². The second kappa shape index (κ2) is 3.55. The van der Waals surface area contributed by atoms with E-state index in [1.54, 1.807) is 6.07 Å². The summed E-state index contributed by atoms with van der Waals surface area (Å²) in [7, 11) is 0. The Balaban J connectivity index is 3.28. The maximum absolute atomic E-state index is 9.50. The fraction of sp³-hybridized carbons (Fsp3) is 0.333. The Kier molecular flexibility index (Phi) is 2.86. The zero-order valence-electron chi connectivity index (χ0n) is 6.94. The molecule has 0 fully saturated rings. The summed E-state index contributed by atoms with van der Waals surface area (Å²) in [4.78, 5) is 0. The Labute approximate surface area is 81.9 Å². The molecule has 0 atom stereocenters. The molecule has 1 N–H and O–H groups in total. The molecule has 1 rings (SSSR count). The predicted octanol–water partition coefficient (Wildman–Crippen LogP) is 3.82. The molecule has 0 aromatic heterocycles. The number of phenolic OH excluding ortho intramolecular Hbond substituents is 1. The van der Waals surface area contributed by atoms with Crippen molar-refractivity contribution in [3.05, 3.63) is 27.7 Å². The van der Waals surface area contributed by atoms with Crippen LogP contribution in [0.25, 0.3) is 0 Å². The maximum Gasteiger partial charge on any atom is 0.137 e. The Bertz CT molecular complexity index is 295. The van der Waals surface area contributed by atoms with Crippen LogP contribution in [0.2, 0.25) is 10.0 Å². The minimum Gasteiger partial charge on any atom is -0.506 e. The lowest BCUT2D eigenvalue weighted by molar-refractivity contribution is 0.465. The first kappa shape index (κ1) is 9.69. The van der Waals surface area contributed by atoms with Gasteiger partial charge in [0.1, 0.15) is 5.75 Å². The lowest BCUT2D eigenvalue weighted by Gasteiger charge is -2.09. The summed E-state index contributed by atoms with van der Waals surface area (Å²) in [5.41, 5.74) is 0.785. The number of rotatable bonds is 1. The molecule has 0 aliphatic heterocycles. The van der Waals surface area contributed by atoms with Crippen LogP contribution in [0.1, 0.15) is 25.3 Å². The van der Waals surface area contributed by atoms with Gasteiger partial charge in [-0.3, -0.25) is 0 Å². The van der Waals surface area contributed by atoms with Crippen LogP contribution in [0.5, 0.6) is 5.75 Å². The van der Waals surface area contributed by atoms with Gasteiger partial charge in [0.25, 0.3) is 0 Å². The molecule has 0 radical (unpaired) electrons. The molecule has 0 aliphatic carbocycles. The molecule has 0 saturated carbocycles. The van der Waals surface area contributed by atoms with Gasteiger partial charge in [0, 0.05) is 5.02 Å². The van der Waals surface area contributed by atoms with Gasteiger partial charge in [-0.05, 0) is 23.6 Å². The number of phenols is 1. The van der Waals surface area contributed by atoms with Gasteiger partial charge in [-0.2, -0.15) is 0 Å². The summed E-state index contributed by atoms with van der Waals surface area (Å²) in [5.74, 6) is 0.359. The number of hydrogen-bond donors (Lipinski definition) is 1. The van der Waals surface area contributed by atoms with E-state index in [-0.39, 0.29) is 11.7 Å². The van der Waals surface area contributed by atoms with E-state index in [9.17, 15) is 5.11 Å². The van der Waals surface area contributed by atoms with Crippen molar-refractivity contribution in [1.29, 1.82) is 0 Å². The smallest absolute Gasteiger partial charge is 0.137 e. The van der Waals surface area contributed by atoms with Crippen molar-refractivity contribution in [2.45, 2.75) is 19.8 Å². The minimum atomic E-state index is 0.135. The highest BCUT2D eigenvalue weighted by atomic mass is 35.5. The number of benzene rings is 1. The van der Waals surface area contributed by atoms with E-state index >= 15 is 0 Å². The third-order valence-corrected chi connectivity index (χ3v) is 2.19.